The van der Waals surface area contributed by atoms with Gasteiger partial charge in [-0.1, -0.05) is 23.5 Å². The van der Waals surface area contributed by atoms with Crippen LogP contribution in [0, 0.1) is 0 Å². The Balaban J connectivity index is 1.78. The number of sulfone groups is 1. The van der Waals surface area contributed by atoms with E-state index < -0.39 is 9.84 Å². The number of anilines is 1. The number of benzene rings is 2. The van der Waals surface area contributed by atoms with Crippen LogP contribution in [-0.2, 0) is 21.1 Å². The van der Waals surface area contributed by atoms with E-state index in [1.54, 1.807) is 37.4 Å². The maximum Gasteiger partial charge on any atom is 0.232 e. The van der Waals surface area contributed by atoms with E-state index in [1.165, 1.54) is 37.4 Å². The number of hydrogen-bond acceptors (Lipinski definition) is 8. The Hall–Kier alpha value is -3.11. The van der Waals surface area contributed by atoms with Gasteiger partial charge >= 0.3 is 0 Å². The molecule has 0 spiro atoms. The predicted octanol–water partition coefficient (Wildman–Crippen LogP) is 3.60. The van der Waals surface area contributed by atoms with E-state index in [1.807, 2.05) is 6.92 Å². The summed E-state index contributed by atoms with van der Waals surface area (Å²) >= 11 is 0.935. The topological polar surface area (TPSA) is 95.0 Å². The second-order valence-electron chi connectivity index (χ2n) is 6.69. The fourth-order valence-electron chi connectivity index (χ4n) is 2.93. The van der Waals surface area contributed by atoms with Crippen LogP contribution in [0.25, 0.3) is 0 Å². The summed E-state index contributed by atoms with van der Waals surface area (Å²) in [5, 5.41) is 0.287. The molecule has 0 fully saturated rings. The summed E-state index contributed by atoms with van der Waals surface area (Å²) in [5.41, 5.74) is 0.733. The average Bonchev–Trinajstić information content (AvgIpc) is 3.30. The van der Waals surface area contributed by atoms with Gasteiger partial charge in [0.2, 0.25) is 15.7 Å². The standard InChI is InChI=1S/C22H24N2O6S2/c1-5-30-16-7-6-8-17(13-16)32(26,27)21-14-23-22(31-21)24(2)20(25)12-15-9-10-18(28-3)19(11-15)29-4/h6-11,13-14H,5,12H2,1-4H3. The van der Waals surface area contributed by atoms with Crippen LogP contribution in [0.2, 0.25) is 0 Å². The third-order valence-corrected chi connectivity index (χ3v) is 7.91. The van der Waals surface area contributed by atoms with E-state index in [0.29, 0.717) is 23.9 Å². The summed E-state index contributed by atoms with van der Waals surface area (Å²) in [6.07, 6.45) is 1.36. The highest BCUT2D eigenvalue weighted by molar-refractivity contribution is 7.93. The van der Waals surface area contributed by atoms with Crippen LogP contribution < -0.4 is 19.1 Å². The van der Waals surface area contributed by atoms with Gasteiger partial charge in [0.15, 0.2) is 16.6 Å². The first kappa shape index (κ1) is 23.6. The van der Waals surface area contributed by atoms with Crippen molar-refractivity contribution in [2.45, 2.75) is 22.4 Å². The molecule has 8 nitrogen and oxygen atoms in total. The number of thiazole rings is 1. The quantitative estimate of drug-likeness (QED) is 0.466. The van der Waals surface area contributed by atoms with Crippen molar-refractivity contribution in [1.82, 2.24) is 4.98 Å². The number of likely N-dealkylation sites (N-methyl/N-ethyl adjacent to an activating group) is 1. The summed E-state index contributed by atoms with van der Waals surface area (Å²) in [5.74, 6) is 1.33. The summed E-state index contributed by atoms with van der Waals surface area (Å²) in [6.45, 7) is 2.26. The van der Waals surface area contributed by atoms with Gasteiger partial charge < -0.3 is 14.2 Å². The summed E-state index contributed by atoms with van der Waals surface area (Å²) in [6, 6.07) is 11.5. The van der Waals surface area contributed by atoms with Crippen LogP contribution in [0.15, 0.2) is 57.8 Å². The molecular weight excluding hydrogens is 452 g/mol. The van der Waals surface area contributed by atoms with Crippen LogP contribution in [0.4, 0.5) is 5.13 Å². The first-order valence-corrected chi connectivity index (χ1v) is 12.0. The van der Waals surface area contributed by atoms with Crippen molar-refractivity contribution in [2.75, 3.05) is 32.8 Å². The van der Waals surface area contributed by atoms with Crippen molar-refractivity contribution in [3.63, 3.8) is 0 Å². The lowest BCUT2D eigenvalue weighted by Gasteiger charge is -2.14. The lowest BCUT2D eigenvalue weighted by atomic mass is 10.1. The molecule has 0 radical (unpaired) electrons. The Morgan fingerprint density at radius 2 is 1.84 bits per heavy atom. The van der Waals surface area contributed by atoms with E-state index in [0.717, 1.165) is 16.9 Å². The van der Waals surface area contributed by atoms with Crippen LogP contribution in [-0.4, -0.2) is 47.2 Å². The average molecular weight is 477 g/mol. The molecule has 0 unspecified atom stereocenters. The molecule has 2 aromatic carbocycles. The molecule has 0 saturated carbocycles. The Labute approximate surface area is 191 Å². The Morgan fingerprint density at radius 3 is 2.53 bits per heavy atom. The number of carbonyl (C=O) groups excluding carboxylic acids is 1. The molecule has 0 aliphatic carbocycles. The number of aromatic nitrogens is 1. The lowest BCUT2D eigenvalue weighted by Crippen LogP contribution is -2.27. The zero-order valence-corrected chi connectivity index (χ0v) is 19.8. The number of methoxy groups -OCH3 is 2. The van der Waals surface area contributed by atoms with E-state index in [9.17, 15) is 13.2 Å². The fourth-order valence-corrected chi connectivity index (χ4v) is 5.47. The first-order chi connectivity index (χ1) is 15.3. The highest BCUT2D eigenvalue weighted by Crippen LogP contribution is 2.32. The SMILES string of the molecule is CCOc1cccc(S(=O)(=O)c2cnc(N(C)C(=O)Cc3ccc(OC)c(OC)c3)s2)c1. The number of carbonyl (C=O) groups is 1. The van der Waals surface area contributed by atoms with Crippen LogP contribution >= 0.6 is 11.3 Å². The van der Waals surface area contributed by atoms with Gasteiger partial charge in [0.05, 0.1) is 38.3 Å². The van der Waals surface area contributed by atoms with Gasteiger partial charge in [-0.3, -0.25) is 9.69 Å². The summed E-state index contributed by atoms with van der Waals surface area (Å²) in [4.78, 5) is 18.4. The third-order valence-electron chi connectivity index (χ3n) is 4.63. The summed E-state index contributed by atoms with van der Waals surface area (Å²) in [7, 11) is 0.842. The molecule has 1 amide bonds. The van der Waals surface area contributed by atoms with Gasteiger partial charge in [0.1, 0.15) is 9.96 Å². The molecule has 3 rings (SSSR count). The monoisotopic (exact) mass is 476 g/mol. The largest absolute Gasteiger partial charge is 0.494 e. The van der Waals surface area contributed by atoms with Crippen molar-refractivity contribution in [1.29, 1.82) is 0 Å². The molecule has 1 heterocycles. The maximum absolute atomic E-state index is 13.0. The van der Waals surface area contributed by atoms with Gasteiger partial charge in [0.25, 0.3) is 0 Å². The van der Waals surface area contributed by atoms with Crippen molar-refractivity contribution in [3.05, 3.63) is 54.2 Å². The minimum Gasteiger partial charge on any atom is -0.494 e. The molecule has 0 aliphatic rings. The lowest BCUT2D eigenvalue weighted by molar-refractivity contribution is -0.117. The van der Waals surface area contributed by atoms with E-state index in [2.05, 4.69) is 4.98 Å². The molecule has 1 aromatic heterocycles. The van der Waals surface area contributed by atoms with Crippen molar-refractivity contribution in [3.8, 4) is 17.2 Å². The van der Waals surface area contributed by atoms with Gasteiger partial charge in [-0.2, -0.15) is 0 Å². The zero-order chi connectivity index (χ0) is 23.3. The molecule has 10 heteroatoms. The summed E-state index contributed by atoms with van der Waals surface area (Å²) < 4.78 is 41.9. The van der Waals surface area contributed by atoms with Crippen LogP contribution in [0.3, 0.4) is 0 Å². The second-order valence-corrected chi connectivity index (χ2v) is 9.88. The fraction of sp³-hybridized carbons (Fsp3) is 0.273. The minimum atomic E-state index is -3.79. The molecule has 0 saturated heterocycles. The number of ether oxygens (including phenoxy) is 3. The van der Waals surface area contributed by atoms with Gasteiger partial charge in [0, 0.05) is 7.05 Å². The smallest absolute Gasteiger partial charge is 0.232 e. The van der Waals surface area contributed by atoms with Crippen LogP contribution in [0.1, 0.15) is 12.5 Å². The highest BCUT2D eigenvalue weighted by atomic mass is 32.2. The molecule has 0 atom stereocenters. The molecule has 170 valence electrons. The molecule has 0 N–H and O–H groups in total. The van der Waals surface area contributed by atoms with Crippen molar-refractivity contribution in [2.24, 2.45) is 0 Å². The van der Waals surface area contributed by atoms with Crippen molar-refractivity contribution >= 4 is 32.2 Å². The normalized spacial score (nSPS) is 11.1. The zero-order valence-electron chi connectivity index (χ0n) is 18.2. The molecule has 3 aromatic rings. The number of hydrogen-bond donors (Lipinski definition) is 0. The Bertz CT molecular complexity index is 1210. The number of nitrogens with zero attached hydrogens (tertiary/aromatic N) is 2. The Morgan fingerprint density at radius 1 is 1.09 bits per heavy atom. The Kier molecular flexibility index (Phi) is 7.37. The third kappa shape index (κ3) is 5.03. The highest BCUT2D eigenvalue weighted by Gasteiger charge is 2.24. The van der Waals surface area contributed by atoms with E-state index >= 15 is 0 Å². The van der Waals surface area contributed by atoms with Crippen molar-refractivity contribution < 1.29 is 27.4 Å². The maximum atomic E-state index is 13.0. The van der Waals surface area contributed by atoms with Crippen LogP contribution in [0.5, 0.6) is 17.2 Å². The second kappa shape index (κ2) is 10.0. The van der Waals surface area contributed by atoms with Gasteiger partial charge in [-0.05, 0) is 42.8 Å². The number of amides is 1. The minimum absolute atomic E-state index is 0.0481. The van der Waals surface area contributed by atoms with Gasteiger partial charge in [-0.15, -0.1) is 0 Å². The number of rotatable bonds is 9. The van der Waals surface area contributed by atoms with E-state index in [-0.39, 0.29) is 26.6 Å². The molecule has 0 aliphatic heterocycles. The molecular formula is C22H24N2O6S2. The predicted molar refractivity (Wildman–Crippen MR) is 122 cm³/mol. The van der Waals surface area contributed by atoms with Gasteiger partial charge in [-0.25, -0.2) is 13.4 Å². The molecule has 32 heavy (non-hydrogen) atoms. The molecule has 0 bridgehead atoms. The first-order valence-electron chi connectivity index (χ1n) is 9.71. The van der Waals surface area contributed by atoms with E-state index in [4.69, 9.17) is 14.2 Å².